The molecule has 10 heteroatoms. The zero-order chi connectivity index (χ0) is 22.6. The van der Waals surface area contributed by atoms with E-state index in [1.807, 2.05) is 0 Å². The number of rotatable bonds is 9. The molecule has 1 aromatic rings. The van der Waals surface area contributed by atoms with Crippen LogP contribution < -0.4 is 10.1 Å². The lowest BCUT2D eigenvalue weighted by Crippen LogP contribution is -2.30. The minimum absolute atomic E-state index is 0.0496. The van der Waals surface area contributed by atoms with E-state index in [1.165, 1.54) is 7.11 Å². The van der Waals surface area contributed by atoms with E-state index in [4.69, 9.17) is 14.6 Å². The maximum Gasteiger partial charge on any atom is 0.451 e. The van der Waals surface area contributed by atoms with Crippen LogP contribution in [0.5, 0.6) is 5.75 Å². The number of Topliss-reactive ketones (excluding diaryl/α,β-unsaturated/α-hetero) is 1. The van der Waals surface area contributed by atoms with Crippen molar-refractivity contribution in [1.82, 2.24) is 0 Å². The smallest absolute Gasteiger partial charge is 0.451 e. The van der Waals surface area contributed by atoms with Crippen LogP contribution in [0.2, 0.25) is 0 Å². The molecule has 0 radical (unpaired) electrons. The molecule has 0 unspecified atom stereocenters. The first-order valence-electron chi connectivity index (χ1n) is 9.08. The average Bonchev–Trinajstić information content (AvgIpc) is 3.05. The lowest BCUT2D eigenvalue weighted by atomic mass is 9.93. The number of ketones is 1. The van der Waals surface area contributed by atoms with Crippen molar-refractivity contribution in [3.63, 3.8) is 0 Å². The topological polar surface area (TPSA) is 102 Å². The molecule has 30 heavy (non-hydrogen) atoms. The Bertz CT molecular complexity index is 905. The Hall–Kier alpha value is -3.04. The van der Waals surface area contributed by atoms with Gasteiger partial charge in [0, 0.05) is 17.5 Å². The number of anilines is 1. The van der Waals surface area contributed by atoms with Crippen LogP contribution in [0.1, 0.15) is 46.8 Å². The molecule has 0 fully saturated rings. The van der Waals surface area contributed by atoms with E-state index in [0.717, 1.165) is 5.57 Å². The second kappa shape index (κ2) is 9.19. The predicted octanol–water partition coefficient (Wildman–Crippen LogP) is 3.57. The summed E-state index contributed by atoms with van der Waals surface area (Å²) in [5.41, 5.74) is 2.35. The number of fused-ring (bicyclic) bond motifs is 1. The second-order valence-electron chi connectivity index (χ2n) is 6.86. The summed E-state index contributed by atoms with van der Waals surface area (Å²) < 4.78 is 48.4. The number of aliphatic carboxylic acids is 1. The Morgan fingerprint density at radius 1 is 1.30 bits per heavy atom. The minimum atomic E-state index is -5.01. The highest BCUT2D eigenvalue weighted by Gasteiger charge is 2.39. The third-order valence-electron chi connectivity index (χ3n) is 4.81. The van der Waals surface area contributed by atoms with Crippen molar-refractivity contribution in [2.75, 3.05) is 19.0 Å². The quantitative estimate of drug-likeness (QED) is 0.457. The van der Waals surface area contributed by atoms with Crippen molar-refractivity contribution < 1.29 is 42.1 Å². The van der Waals surface area contributed by atoms with E-state index in [9.17, 15) is 27.6 Å². The Morgan fingerprint density at radius 3 is 2.53 bits per heavy atom. The van der Waals surface area contributed by atoms with E-state index in [2.05, 4.69) is 5.32 Å². The second-order valence-corrected chi connectivity index (χ2v) is 6.86. The summed E-state index contributed by atoms with van der Waals surface area (Å²) in [5, 5.41) is 11.3. The van der Waals surface area contributed by atoms with Crippen molar-refractivity contribution in [3.05, 3.63) is 33.9 Å². The first-order chi connectivity index (χ1) is 14.0. The normalized spacial score (nSPS) is 13.7. The summed E-state index contributed by atoms with van der Waals surface area (Å²) in [7, 11) is 1.39. The van der Waals surface area contributed by atoms with Crippen molar-refractivity contribution in [3.8, 4) is 5.75 Å². The van der Waals surface area contributed by atoms with Gasteiger partial charge in [-0.15, -0.1) is 0 Å². The monoisotopic (exact) mass is 429 g/mol. The third-order valence-corrected chi connectivity index (χ3v) is 4.81. The molecule has 0 saturated heterocycles. The number of esters is 1. The number of methoxy groups -OCH3 is 1. The fourth-order valence-electron chi connectivity index (χ4n) is 3.20. The zero-order valence-electron chi connectivity index (χ0n) is 16.7. The van der Waals surface area contributed by atoms with Gasteiger partial charge in [0.05, 0.1) is 24.9 Å². The van der Waals surface area contributed by atoms with E-state index in [0.29, 0.717) is 28.9 Å². The van der Waals surface area contributed by atoms with Crippen LogP contribution in [0.15, 0.2) is 11.6 Å². The Morgan fingerprint density at radius 2 is 1.97 bits per heavy atom. The minimum Gasteiger partial charge on any atom is -0.496 e. The van der Waals surface area contributed by atoms with Crippen molar-refractivity contribution in [1.29, 1.82) is 0 Å². The predicted molar refractivity (Wildman–Crippen MR) is 101 cm³/mol. The Labute approximate surface area is 170 Å². The molecule has 7 nitrogen and oxygen atoms in total. The summed E-state index contributed by atoms with van der Waals surface area (Å²) in [6.07, 6.45) is -2.93. The first kappa shape index (κ1) is 23.2. The van der Waals surface area contributed by atoms with Crippen molar-refractivity contribution in [2.24, 2.45) is 0 Å². The van der Waals surface area contributed by atoms with Crippen LogP contribution in [0.25, 0.3) is 0 Å². The van der Waals surface area contributed by atoms with Gasteiger partial charge in [-0.05, 0) is 32.3 Å². The van der Waals surface area contributed by atoms with Gasteiger partial charge < -0.3 is 19.9 Å². The molecule has 1 aliphatic heterocycles. The molecule has 0 amide bonds. The molecular weight excluding hydrogens is 407 g/mol. The number of carbonyl (C=O) groups excluding carboxylic acids is 2. The fraction of sp³-hybridized carbons (Fsp3) is 0.450. The molecule has 0 saturated carbocycles. The Balaban J connectivity index is 2.49. The van der Waals surface area contributed by atoms with Gasteiger partial charge in [0.2, 0.25) is 0 Å². The lowest BCUT2D eigenvalue weighted by Gasteiger charge is -2.20. The lowest BCUT2D eigenvalue weighted by molar-refractivity contribution is -0.168. The highest BCUT2D eigenvalue weighted by molar-refractivity contribution is 6.02. The van der Waals surface area contributed by atoms with Gasteiger partial charge in [0.25, 0.3) is 5.78 Å². The number of carboxylic acids is 1. The zero-order valence-corrected chi connectivity index (χ0v) is 16.7. The van der Waals surface area contributed by atoms with E-state index < -0.39 is 30.4 Å². The summed E-state index contributed by atoms with van der Waals surface area (Å²) in [4.78, 5) is 34.4. The maximum atomic E-state index is 12.7. The molecule has 2 N–H and O–H groups in total. The highest BCUT2D eigenvalue weighted by atomic mass is 19.4. The highest BCUT2D eigenvalue weighted by Crippen LogP contribution is 2.41. The number of cyclic esters (lactones) is 1. The van der Waals surface area contributed by atoms with Crippen LogP contribution in [-0.2, 0) is 27.4 Å². The number of hydrogen-bond donors (Lipinski definition) is 2. The van der Waals surface area contributed by atoms with Crippen LogP contribution in [0.3, 0.4) is 0 Å². The number of nitrogens with one attached hydrogen (secondary N) is 1. The number of carboxylic acid groups (broad SMARTS) is 1. The van der Waals surface area contributed by atoms with E-state index >= 15 is 0 Å². The molecule has 0 aromatic heterocycles. The van der Waals surface area contributed by atoms with Crippen molar-refractivity contribution in [2.45, 2.75) is 45.9 Å². The summed E-state index contributed by atoms with van der Waals surface area (Å²) >= 11 is 0. The summed E-state index contributed by atoms with van der Waals surface area (Å²) in [6, 6.07) is 0. The van der Waals surface area contributed by atoms with Gasteiger partial charge in [-0.2, -0.15) is 13.2 Å². The molecule has 0 bridgehead atoms. The number of carbonyl (C=O) groups is 3. The largest absolute Gasteiger partial charge is 0.496 e. The van der Waals surface area contributed by atoms with Gasteiger partial charge in [-0.3, -0.25) is 9.59 Å². The third kappa shape index (κ3) is 5.11. The van der Waals surface area contributed by atoms with E-state index in [1.54, 1.807) is 19.9 Å². The number of halogens is 3. The molecule has 0 aliphatic carbocycles. The van der Waals surface area contributed by atoms with Gasteiger partial charge in [0.1, 0.15) is 12.4 Å². The summed E-state index contributed by atoms with van der Waals surface area (Å²) in [6.45, 7) is 2.33. The number of benzene rings is 1. The summed E-state index contributed by atoms with van der Waals surface area (Å²) in [5.74, 6) is -3.28. The molecular formula is C20H22F3NO6. The number of ether oxygens (including phenoxy) is 2. The van der Waals surface area contributed by atoms with Crippen LogP contribution in [0, 0.1) is 6.92 Å². The molecule has 0 atom stereocenters. The molecule has 1 aromatic carbocycles. The van der Waals surface area contributed by atoms with Gasteiger partial charge in [-0.25, -0.2) is 4.79 Å². The maximum absolute atomic E-state index is 12.7. The average molecular weight is 429 g/mol. The van der Waals surface area contributed by atoms with Gasteiger partial charge in [-0.1, -0.05) is 11.6 Å². The Kier molecular flexibility index (Phi) is 7.12. The van der Waals surface area contributed by atoms with Crippen LogP contribution in [-0.4, -0.2) is 42.7 Å². The van der Waals surface area contributed by atoms with Crippen LogP contribution >= 0.6 is 0 Å². The standard InChI is InChI=1S/C20H22F3NO6/c1-10(5-7-15(26)27)4-6-12-17(24-8-14(25)20(21,22)23)16-13(9-30-19(16)28)11(2)18(12)29-3/h4,24H,5-9H2,1-3H3,(H,26,27)/b10-4+. The van der Waals surface area contributed by atoms with Gasteiger partial charge in [0.15, 0.2) is 0 Å². The van der Waals surface area contributed by atoms with Gasteiger partial charge >= 0.3 is 18.1 Å². The van der Waals surface area contributed by atoms with Crippen molar-refractivity contribution >= 4 is 23.4 Å². The number of alkyl halides is 3. The molecule has 164 valence electrons. The van der Waals surface area contributed by atoms with E-state index in [-0.39, 0.29) is 30.7 Å². The molecule has 1 heterocycles. The van der Waals surface area contributed by atoms with Crippen LogP contribution in [0.4, 0.5) is 18.9 Å². The number of allylic oxidation sites excluding steroid dienone is 2. The SMILES string of the molecule is COc1c(C)c2c(c(NCC(=O)C(F)(F)F)c1C/C=C(\C)CCC(=O)O)C(=O)OC2. The fourth-order valence-corrected chi connectivity index (χ4v) is 3.20. The molecule has 2 rings (SSSR count). The first-order valence-corrected chi connectivity index (χ1v) is 9.08. The molecule has 1 aliphatic rings. The number of hydrogen-bond acceptors (Lipinski definition) is 6. The molecule has 0 spiro atoms.